The minimum Gasteiger partial charge on any atom is -0.320 e. The number of hydrogen-bond donors (Lipinski definition) is 2. The van der Waals surface area contributed by atoms with Crippen molar-refractivity contribution in [2.45, 2.75) is 58.3 Å². The lowest BCUT2D eigenvalue weighted by atomic mass is 9.96. The maximum atomic E-state index is 12.9. The van der Waals surface area contributed by atoms with Gasteiger partial charge in [0.2, 0.25) is 5.91 Å². The molecule has 3 N–H and O–H groups in total. The number of nitrogens with one attached hydrogen (secondary N) is 1. The maximum absolute atomic E-state index is 12.9. The van der Waals surface area contributed by atoms with Gasteiger partial charge in [0, 0.05) is 25.0 Å². The van der Waals surface area contributed by atoms with Crippen molar-refractivity contribution in [3.63, 3.8) is 0 Å². The lowest BCUT2D eigenvalue weighted by molar-refractivity contribution is -0.119. The van der Waals surface area contributed by atoms with Crippen LogP contribution in [-0.4, -0.2) is 21.9 Å². The Morgan fingerprint density at radius 1 is 1.03 bits per heavy atom. The van der Waals surface area contributed by atoms with Gasteiger partial charge in [-0.05, 0) is 67.5 Å². The minimum absolute atomic E-state index is 0.116. The highest BCUT2D eigenvalue weighted by molar-refractivity contribution is 5.95. The van der Waals surface area contributed by atoms with Crippen molar-refractivity contribution in [2.75, 3.05) is 4.90 Å². The maximum Gasteiger partial charge on any atom is 0.245 e. The van der Waals surface area contributed by atoms with Crippen LogP contribution < -0.4 is 16.0 Å². The predicted molar refractivity (Wildman–Crippen MR) is 127 cm³/mol. The Kier molecular flexibility index (Phi) is 7.24. The highest BCUT2D eigenvalue weighted by Gasteiger charge is 2.22. The second-order valence-corrected chi connectivity index (χ2v) is 8.44. The Morgan fingerprint density at radius 3 is 2.56 bits per heavy atom. The molecule has 1 amide bonds. The van der Waals surface area contributed by atoms with Crippen LogP contribution in [0.5, 0.6) is 0 Å². The molecule has 1 aromatic carbocycles. The second-order valence-electron chi connectivity index (χ2n) is 8.44. The average Bonchev–Trinajstić information content (AvgIpc) is 2.83. The fourth-order valence-electron chi connectivity index (χ4n) is 4.02. The van der Waals surface area contributed by atoms with Crippen LogP contribution in [-0.2, 0) is 37.3 Å². The molecule has 0 fully saturated rings. The zero-order chi connectivity index (χ0) is 22.3. The van der Waals surface area contributed by atoms with Gasteiger partial charge in [-0.25, -0.2) is 4.98 Å². The SMILES string of the molecule is C[C@H](N)C(=O)N(Cc1ccc(CNCc2ccccn2)cc1)c1ccc2c(n1)CCCC2. The standard InChI is InChI=1S/C26H31N5O/c1-19(27)26(32)31(25-14-13-22-6-2-3-8-24(22)30-25)18-21-11-9-20(10-12-21)16-28-17-23-7-4-5-15-29-23/h4-5,7,9-15,19,28H,2-3,6,8,16-18,27H2,1H3/t19-/m0/s1. The molecular weight excluding hydrogens is 398 g/mol. The number of hydrogen-bond acceptors (Lipinski definition) is 5. The number of benzene rings is 1. The van der Waals surface area contributed by atoms with E-state index in [-0.39, 0.29) is 5.91 Å². The Bertz CT molecular complexity index is 1030. The van der Waals surface area contributed by atoms with Crippen molar-refractivity contribution in [1.29, 1.82) is 0 Å². The number of carbonyl (C=O) groups is 1. The molecule has 2 aromatic heterocycles. The molecule has 1 aliphatic rings. The van der Waals surface area contributed by atoms with Gasteiger partial charge in [0.1, 0.15) is 5.82 Å². The molecule has 6 heteroatoms. The van der Waals surface area contributed by atoms with E-state index < -0.39 is 6.04 Å². The van der Waals surface area contributed by atoms with Gasteiger partial charge in [-0.15, -0.1) is 0 Å². The van der Waals surface area contributed by atoms with Crippen molar-refractivity contribution in [1.82, 2.24) is 15.3 Å². The Balaban J connectivity index is 1.43. The van der Waals surface area contributed by atoms with Crippen LogP contribution in [0, 0.1) is 0 Å². The molecule has 0 aliphatic heterocycles. The Labute approximate surface area is 189 Å². The second kappa shape index (κ2) is 10.5. The van der Waals surface area contributed by atoms with Gasteiger partial charge in [0.15, 0.2) is 0 Å². The summed E-state index contributed by atoms with van der Waals surface area (Å²) in [7, 11) is 0. The van der Waals surface area contributed by atoms with Crippen LogP contribution >= 0.6 is 0 Å². The van der Waals surface area contributed by atoms with Crippen molar-refractivity contribution < 1.29 is 4.79 Å². The molecule has 0 saturated heterocycles. The van der Waals surface area contributed by atoms with Crippen LogP contribution in [0.15, 0.2) is 60.8 Å². The number of pyridine rings is 2. The first kappa shape index (κ1) is 22.1. The largest absolute Gasteiger partial charge is 0.320 e. The summed E-state index contributed by atoms with van der Waals surface area (Å²) in [5, 5.41) is 3.41. The van der Waals surface area contributed by atoms with Crippen LogP contribution in [0.25, 0.3) is 0 Å². The minimum atomic E-state index is -0.581. The van der Waals surface area contributed by atoms with Crippen LogP contribution in [0.2, 0.25) is 0 Å². The van der Waals surface area contributed by atoms with E-state index in [0.29, 0.717) is 12.4 Å². The van der Waals surface area contributed by atoms with E-state index in [9.17, 15) is 4.79 Å². The third kappa shape index (κ3) is 5.58. The van der Waals surface area contributed by atoms with E-state index in [1.807, 2.05) is 24.3 Å². The molecule has 32 heavy (non-hydrogen) atoms. The van der Waals surface area contributed by atoms with E-state index >= 15 is 0 Å². The number of nitrogens with zero attached hydrogens (tertiary/aromatic N) is 3. The lowest BCUT2D eigenvalue weighted by Gasteiger charge is -2.26. The molecule has 3 aromatic rings. The van der Waals surface area contributed by atoms with E-state index in [1.54, 1.807) is 18.0 Å². The van der Waals surface area contributed by atoms with Crippen molar-refractivity contribution in [3.05, 3.63) is 88.9 Å². The number of carbonyl (C=O) groups excluding carboxylic acids is 1. The Hall–Kier alpha value is -3.09. The molecule has 0 unspecified atom stereocenters. The molecule has 0 saturated carbocycles. The monoisotopic (exact) mass is 429 g/mol. The number of nitrogens with two attached hydrogens (primary N) is 1. The zero-order valence-corrected chi connectivity index (χ0v) is 18.6. The average molecular weight is 430 g/mol. The van der Waals surface area contributed by atoms with Crippen LogP contribution in [0.1, 0.15) is 47.8 Å². The summed E-state index contributed by atoms with van der Waals surface area (Å²) in [5.74, 6) is 0.573. The summed E-state index contributed by atoms with van der Waals surface area (Å²) in [4.78, 5) is 23.8. The topological polar surface area (TPSA) is 84.1 Å². The fraction of sp³-hybridized carbons (Fsp3) is 0.346. The van der Waals surface area contributed by atoms with E-state index in [2.05, 4.69) is 40.6 Å². The quantitative estimate of drug-likeness (QED) is 0.572. The number of fused-ring (bicyclic) bond motifs is 1. The summed E-state index contributed by atoms with van der Waals surface area (Å²) in [6.07, 6.45) is 6.21. The molecule has 2 heterocycles. The highest BCUT2D eigenvalue weighted by atomic mass is 16.2. The summed E-state index contributed by atoms with van der Waals surface area (Å²) in [6, 6.07) is 17.7. The number of aryl methyl sites for hydroxylation is 2. The first-order valence-corrected chi connectivity index (χ1v) is 11.3. The summed E-state index contributed by atoms with van der Waals surface area (Å²) >= 11 is 0. The van der Waals surface area contributed by atoms with E-state index in [0.717, 1.165) is 49.3 Å². The zero-order valence-electron chi connectivity index (χ0n) is 18.6. The molecule has 0 bridgehead atoms. The van der Waals surface area contributed by atoms with Gasteiger partial charge in [-0.3, -0.25) is 14.7 Å². The van der Waals surface area contributed by atoms with Gasteiger partial charge >= 0.3 is 0 Å². The van der Waals surface area contributed by atoms with E-state index in [1.165, 1.54) is 17.5 Å². The van der Waals surface area contributed by atoms with Gasteiger partial charge in [-0.2, -0.15) is 0 Å². The molecule has 0 spiro atoms. The number of aromatic nitrogens is 2. The first-order valence-electron chi connectivity index (χ1n) is 11.3. The molecule has 0 radical (unpaired) electrons. The van der Waals surface area contributed by atoms with Crippen LogP contribution in [0.4, 0.5) is 5.82 Å². The van der Waals surface area contributed by atoms with Gasteiger partial charge in [0.05, 0.1) is 18.3 Å². The smallest absolute Gasteiger partial charge is 0.245 e. The van der Waals surface area contributed by atoms with Crippen molar-refractivity contribution in [2.24, 2.45) is 5.73 Å². The molecular formula is C26H31N5O. The number of amides is 1. The van der Waals surface area contributed by atoms with Gasteiger partial charge < -0.3 is 11.1 Å². The fourth-order valence-corrected chi connectivity index (χ4v) is 4.02. The van der Waals surface area contributed by atoms with E-state index in [4.69, 9.17) is 10.7 Å². The predicted octanol–water partition coefficient (Wildman–Crippen LogP) is 3.53. The molecule has 6 nitrogen and oxygen atoms in total. The van der Waals surface area contributed by atoms with Crippen molar-refractivity contribution >= 4 is 11.7 Å². The van der Waals surface area contributed by atoms with Gasteiger partial charge in [-0.1, -0.05) is 36.4 Å². The summed E-state index contributed by atoms with van der Waals surface area (Å²) in [6.45, 7) is 3.66. The normalized spacial score (nSPS) is 13.9. The molecule has 4 rings (SSSR count). The third-order valence-electron chi connectivity index (χ3n) is 5.82. The lowest BCUT2D eigenvalue weighted by Crippen LogP contribution is -2.42. The number of rotatable bonds is 8. The molecule has 1 atom stereocenters. The van der Waals surface area contributed by atoms with Crippen molar-refractivity contribution in [3.8, 4) is 0 Å². The summed E-state index contributed by atoms with van der Waals surface area (Å²) in [5.41, 5.74) is 11.6. The van der Waals surface area contributed by atoms with Gasteiger partial charge in [0.25, 0.3) is 0 Å². The Morgan fingerprint density at radius 2 is 1.81 bits per heavy atom. The third-order valence-corrected chi connectivity index (χ3v) is 5.82. The molecule has 166 valence electrons. The highest BCUT2D eigenvalue weighted by Crippen LogP contribution is 2.24. The molecule has 1 aliphatic carbocycles. The number of anilines is 1. The first-order chi connectivity index (χ1) is 15.6. The van der Waals surface area contributed by atoms with Crippen LogP contribution in [0.3, 0.4) is 0 Å². The summed E-state index contributed by atoms with van der Waals surface area (Å²) < 4.78 is 0.